The van der Waals surface area contributed by atoms with Gasteiger partial charge in [-0.25, -0.2) is 13.4 Å². The summed E-state index contributed by atoms with van der Waals surface area (Å²) < 4.78 is 53.0. The lowest BCUT2D eigenvalue weighted by atomic mass is 10.0. The second kappa shape index (κ2) is 16.3. The van der Waals surface area contributed by atoms with Crippen LogP contribution in [0.25, 0.3) is 10.9 Å². The number of carbonyl (C=O) groups excluding carboxylic acids is 4. The minimum absolute atomic E-state index is 0.00450. The summed E-state index contributed by atoms with van der Waals surface area (Å²) in [4.78, 5) is 62.8. The van der Waals surface area contributed by atoms with Gasteiger partial charge < -0.3 is 34.5 Å². The standard InChI is InChI=1S/C41H53N7O10S/c1-24(2)57-33-21-32(27-14-15-31(55-5)35(56-6)34(27)43-33)58-26-20-30-37(50)44-41(39(52)46-59(53,54)40(3)17-18-40)22-25(41)12-10-8-7-9-11-13-29(38(51)48(30)23-26)42-36(49)28-16-19-47(4)45-28/h10,12,14-16,19,21,24-26,29-30H,7-9,11,13,17-18,20,22-23H2,1-6H3,(H,42,49)(H,44,50)(H,46,52)/b12-10-/t25-,26-,29+,30+,41-/m1/s1. The van der Waals surface area contributed by atoms with E-state index in [0.717, 1.165) is 12.8 Å². The molecule has 0 unspecified atom stereocenters. The predicted octanol–water partition coefficient (Wildman–Crippen LogP) is 3.31. The molecule has 4 heterocycles. The molecule has 17 nitrogen and oxygen atoms in total. The highest BCUT2D eigenvalue weighted by molar-refractivity contribution is 7.91. The van der Waals surface area contributed by atoms with Crippen molar-refractivity contribution in [3.05, 3.63) is 48.3 Å². The molecule has 3 fully saturated rings. The number of aryl methyl sites for hydroxylation is 1. The highest BCUT2D eigenvalue weighted by Gasteiger charge is 2.63. The Morgan fingerprint density at radius 1 is 1.05 bits per heavy atom. The summed E-state index contributed by atoms with van der Waals surface area (Å²) in [7, 11) is 0.684. The lowest BCUT2D eigenvalue weighted by Gasteiger charge is -2.30. The number of fused-ring (bicyclic) bond motifs is 3. The van der Waals surface area contributed by atoms with Gasteiger partial charge in [0, 0.05) is 37.0 Å². The number of nitrogens with zero attached hydrogens (tertiary/aromatic N) is 4. The molecule has 4 aliphatic rings. The van der Waals surface area contributed by atoms with Crippen LogP contribution in [-0.4, -0.2) is 107 Å². The number of aromatic nitrogens is 3. The average Bonchev–Trinajstić information content (AvgIpc) is 3.99. The molecule has 2 aliphatic carbocycles. The average molecular weight is 836 g/mol. The first kappa shape index (κ1) is 41.8. The third-order valence-corrected chi connectivity index (χ3v) is 13.8. The maximum atomic E-state index is 14.8. The first-order valence-corrected chi connectivity index (χ1v) is 21.6. The molecule has 2 aliphatic heterocycles. The van der Waals surface area contributed by atoms with E-state index in [4.69, 9.17) is 18.9 Å². The summed E-state index contributed by atoms with van der Waals surface area (Å²) in [6.07, 6.45) is 8.59. The van der Waals surface area contributed by atoms with Gasteiger partial charge >= 0.3 is 0 Å². The molecule has 3 aromatic rings. The van der Waals surface area contributed by atoms with Crippen molar-refractivity contribution in [3.8, 4) is 23.1 Å². The smallest absolute Gasteiger partial charge is 0.272 e. The maximum absolute atomic E-state index is 14.8. The molecule has 0 bridgehead atoms. The van der Waals surface area contributed by atoms with Gasteiger partial charge in [-0.2, -0.15) is 5.10 Å². The Hall–Kier alpha value is -5.39. The maximum Gasteiger partial charge on any atom is 0.272 e. The van der Waals surface area contributed by atoms with Gasteiger partial charge in [0.25, 0.3) is 11.8 Å². The van der Waals surface area contributed by atoms with Crippen LogP contribution in [0.3, 0.4) is 0 Å². The first-order valence-electron chi connectivity index (χ1n) is 20.1. The zero-order chi connectivity index (χ0) is 42.3. The van der Waals surface area contributed by atoms with Crippen molar-refractivity contribution in [1.82, 2.24) is 35.0 Å². The fraction of sp³-hybridized carbons (Fsp3) is 0.561. The van der Waals surface area contributed by atoms with Crippen molar-refractivity contribution in [2.75, 3.05) is 20.8 Å². The predicted molar refractivity (Wildman–Crippen MR) is 216 cm³/mol. The lowest BCUT2D eigenvalue weighted by molar-refractivity contribution is -0.141. The van der Waals surface area contributed by atoms with Gasteiger partial charge in [-0.15, -0.1) is 0 Å². The van der Waals surface area contributed by atoms with Crippen molar-refractivity contribution < 1.29 is 46.5 Å². The number of allylic oxidation sites excluding steroid dienone is 1. The number of sulfonamides is 1. The zero-order valence-corrected chi connectivity index (χ0v) is 35.1. The number of amides is 4. The van der Waals surface area contributed by atoms with Gasteiger partial charge in [0.05, 0.1) is 31.6 Å². The minimum atomic E-state index is -4.02. The topological polar surface area (TPSA) is 209 Å². The van der Waals surface area contributed by atoms with E-state index in [9.17, 15) is 27.6 Å². The van der Waals surface area contributed by atoms with E-state index in [0.29, 0.717) is 60.3 Å². The van der Waals surface area contributed by atoms with E-state index in [1.807, 2.05) is 26.0 Å². The Labute approximate surface area is 343 Å². The van der Waals surface area contributed by atoms with Crippen LogP contribution in [-0.2, 0) is 31.5 Å². The van der Waals surface area contributed by atoms with Crippen molar-refractivity contribution in [2.45, 2.75) is 113 Å². The Balaban J connectivity index is 1.24. The summed E-state index contributed by atoms with van der Waals surface area (Å²) in [6.45, 7) is 5.25. The molecule has 2 aromatic heterocycles. The van der Waals surface area contributed by atoms with Gasteiger partial charge in [0.2, 0.25) is 27.7 Å². The highest BCUT2D eigenvalue weighted by atomic mass is 32.2. The van der Waals surface area contributed by atoms with Crippen LogP contribution in [0.2, 0.25) is 0 Å². The highest BCUT2D eigenvalue weighted by Crippen LogP contribution is 2.48. The van der Waals surface area contributed by atoms with Gasteiger partial charge in [-0.1, -0.05) is 25.0 Å². The van der Waals surface area contributed by atoms with Crippen molar-refractivity contribution in [2.24, 2.45) is 13.0 Å². The molecule has 318 valence electrons. The number of nitrogens with one attached hydrogen (secondary N) is 3. The molecule has 1 aromatic carbocycles. The van der Waals surface area contributed by atoms with Gasteiger partial charge in [0.1, 0.15) is 40.7 Å². The second-order valence-corrected chi connectivity index (χ2v) is 18.6. The zero-order valence-electron chi connectivity index (χ0n) is 34.3. The third-order valence-electron chi connectivity index (χ3n) is 11.6. The van der Waals surface area contributed by atoms with E-state index in [1.54, 1.807) is 44.4 Å². The largest absolute Gasteiger partial charge is 0.493 e. The van der Waals surface area contributed by atoms with Crippen LogP contribution in [0.4, 0.5) is 0 Å². The SMILES string of the molecule is COc1ccc2c(O[C@@H]3C[C@H]4C(=O)N[C@]5(C(=O)NS(=O)(=O)C6(C)CC6)C[C@H]5/C=C\CCCCC[C@H](NC(=O)c5ccn(C)n5)C(=O)N4C3)cc(OC(C)C)nc2c1OC. The van der Waals surface area contributed by atoms with E-state index in [2.05, 4.69) is 25.4 Å². The van der Waals surface area contributed by atoms with Gasteiger partial charge in [-0.3, -0.25) is 28.6 Å². The van der Waals surface area contributed by atoms with Gasteiger partial charge in [-0.05, 0) is 77.5 Å². The molecule has 3 N–H and O–H groups in total. The molecular formula is C41H53N7O10S. The molecule has 7 rings (SSSR count). The fourth-order valence-corrected chi connectivity index (χ4v) is 9.16. The monoisotopic (exact) mass is 835 g/mol. The number of ether oxygens (including phenoxy) is 4. The molecule has 2 saturated carbocycles. The quantitative estimate of drug-likeness (QED) is 0.238. The van der Waals surface area contributed by atoms with Crippen LogP contribution in [0.1, 0.15) is 89.0 Å². The van der Waals surface area contributed by atoms with Crippen LogP contribution >= 0.6 is 0 Å². The van der Waals surface area contributed by atoms with Crippen molar-refractivity contribution in [3.63, 3.8) is 0 Å². The molecule has 59 heavy (non-hydrogen) atoms. The Bertz CT molecular complexity index is 2270. The number of benzene rings is 1. The number of hydrogen-bond donors (Lipinski definition) is 3. The third kappa shape index (κ3) is 8.54. The van der Waals surface area contributed by atoms with Crippen molar-refractivity contribution in [1.29, 1.82) is 0 Å². The summed E-state index contributed by atoms with van der Waals surface area (Å²) in [5.74, 6) is -1.55. The van der Waals surface area contributed by atoms with Crippen LogP contribution < -0.4 is 34.3 Å². The molecule has 1 saturated heterocycles. The molecule has 18 heteroatoms. The van der Waals surface area contributed by atoms with Gasteiger partial charge in [0.15, 0.2) is 11.5 Å². The Morgan fingerprint density at radius 2 is 1.83 bits per heavy atom. The summed E-state index contributed by atoms with van der Waals surface area (Å²) >= 11 is 0. The first-order chi connectivity index (χ1) is 28.1. The number of carbonyl (C=O) groups is 4. The summed E-state index contributed by atoms with van der Waals surface area (Å²) in [5, 5.41) is 10.5. The van der Waals surface area contributed by atoms with E-state index >= 15 is 0 Å². The van der Waals surface area contributed by atoms with E-state index < -0.39 is 68.0 Å². The van der Waals surface area contributed by atoms with Crippen LogP contribution in [0, 0.1) is 5.92 Å². The normalized spacial score (nSPS) is 26.1. The number of hydrogen-bond acceptors (Lipinski definition) is 12. The molecule has 0 spiro atoms. The minimum Gasteiger partial charge on any atom is -0.493 e. The second-order valence-electron chi connectivity index (χ2n) is 16.4. The molecule has 4 amide bonds. The van der Waals surface area contributed by atoms with E-state index in [-0.39, 0.29) is 37.1 Å². The van der Waals surface area contributed by atoms with Crippen LogP contribution in [0.15, 0.2) is 42.6 Å². The fourth-order valence-electron chi connectivity index (χ4n) is 7.85. The van der Waals surface area contributed by atoms with Crippen molar-refractivity contribution >= 4 is 44.6 Å². The van der Waals surface area contributed by atoms with E-state index in [1.165, 1.54) is 23.8 Å². The number of methoxy groups -OCH3 is 2. The summed E-state index contributed by atoms with van der Waals surface area (Å²) in [6, 6.07) is 4.51. The molecule has 5 atom stereocenters. The lowest BCUT2D eigenvalue weighted by Crippen LogP contribution is -2.58. The number of pyridine rings is 1. The summed E-state index contributed by atoms with van der Waals surface area (Å²) in [5.41, 5.74) is -1.00. The van der Waals surface area contributed by atoms with Crippen LogP contribution in [0.5, 0.6) is 23.1 Å². The Morgan fingerprint density at radius 3 is 2.51 bits per heavy atom. The Kier molecular flexibility index (Phi) is 11.6. The molecular weight excluding hydrogens is 783 g/mol. The number of rotatable bonds is 11. The molecule has 0 radical (unpaired) electrons.